The van der Waals surface area contributed by atoms with E-state index >= 15 is 0 Å². The molecule has 1 aromatic carbocycles. The third kappa shape index (κ3) is 4.14. The maximum absolute atomic E-state index is 14.8. The van der Waals surface area contributed by atoms with Crippen molar-refractivity contribution in [3.8, 4) is 11.1 Å². The molecule has 2 aromatic rings. The Kier molecular flexibility index (Phi) is 5.70. The average Bonchev–Trinajstić information content (AvgIpc) is 3.20. The van der Waals surface area contributed by atoms with Crippen LogP contribution < -0.4 is 15.1 Å². The van der Waals surface area contributed by atoms with Gasteiger partial charge in [-0.3, -0.25) is 9.69 Å². The van der Waals surface area contributed by atoms with E-state index in [0.717, 1.165) is 11.5 Å². The number of nitrogens with one attached hydrogen (secondary N) is 1. The van der Waals surface area contributed by atoms with E-state index in [1.807, 2.05) is 6.07 Å². The van der Waals surface area contributed by atoms with E-state index < -0.39 is 23.9 Å². The van der Waals surface area contributed by atoms with Crippen LogP contribution in [0.25, 0.3) is 11.1 Å². The summed E-state index contributed by atoms with van der Waals surface area (Å²) < 4.78 is 19.9. The second kappa shape index (κ2) is 8.58. The molecule has 0 saturated carbocycles. The molecule has 2 fully saturated rings. The fourth-order valence-electron chi connectivity index (χ4n) is 3.70. The summed E-state index contributed by atoms with van der Waals surface area (Å²) in [6.07, 6.45) is 1.34. The summed E-state index contributed by atoms with van der Waals surface area (Å²) in [5.74, 6) is -0.143. The van der Waals surface area contributed by atoms with E-state index in [1.54, 1.807) is 24.4 Å². The average molecular weight is 427 g/mol. The number of carbonyl (C=O) groups is 2. The van der Waals surface area contributed by atoms with Crippen molar-refractivity contribution in [3.05, 3.63) is 42.3 Å². The first-order valence-corrected chi connectivity index (χ1v) is 9.90. The minimum Gasteiger partial charge on any atom is -0.434 e. The van der Waals surface area contributed by atoms with Gasteiger partial charge in [0, 0.05) is 50.3 Å². The van der Waals surface area contributed by atoms with Crippen LogP contribution in [-0.2, 0) is 9.53 Å². The molecule has 2 aliphatic rings. The summed E-state index contributed by atoms with van der Waals surface area (Å²) in [5, 5.41) is 14.6. The highest BCUT2D eigenvalue weighted by molar-refractivity contribution is 5.95. The molecule has 0 spiro atoms. The third-order valence-corrected chi connectivity index (χ3v) is 5.48. The number of likely N-dealkylation sites (N-methyl/N-ethyl adjacent to an activating group) is 1. The molecule has 2 saturated heterocycles. The van der Waals surface area contributed by atoms with Crippen LogP contribution in [0.2, 0.25) is 0 Å². The molecule has 4 rings (SSSR count). The van der Waals surface area contributed by atoms with E-state index in [-0.39, 0.29) is 6.54 Å². The highest BCUT2D eigenvalue weighted by Crippen LogP contribution is 2.30. The van der Waals surface area contributed by atoms with Gasteiger partial charge in [0.05, 0.1) is 17.9 Å². The number of anilines is 2. The lowest BCUT2D eigenvalue weighted by molar-refractivity contribution is -0.127. The molecule has 0 aliphatic carbocycles. The Morgan fingerprint density at radius 1 is 1.29 bits per heavy atom. The first kappa shape index (κ1) is 20.6. The summed E-state index contributed by atoms with van der Waals surface area (Å²) in [6.45, 7) is 1.43. The Bertz CT molecular complexity index is 1020. The number of ether oxygens (including phenoxy) is 1. The molecule has 9 nitrogen and oxygen atoms in total. The van der Waals surface area contributed by atoms with Gasteiger partial charge in [-0.05, 0) is 30.3 Å². The van der Waals surface area contributed by atoms with E-state index in [1.165, 1.54) is 18.0 Å². The number of oxime groups is 1. The van der Waals surface area contributed by atoms with Crippen molar-refractivity contribution in [2.75, 3.05) is 36.5 Å². The van der Waals surface area contributed by atoms with Crippen molar-refractivity contribution in [2.24, 2.45) is 5.16 Å². The van der Waals surface area contributed by atoms with Crippen molar-refractivity contribution in [1.82, 2.24) is 10.3 Å². The second-order valence-corrected chi connectivity index (χ2v) is 7.32. The molecule has 0 radical (unpaired) electrons. The van der Waals surface area contributed by atoms with Crippen LogP contribution >= 0.6 is 0 Å². The van der Waals surface area contributed by atoms with Gasteiger partial charge in [0.25, 0.3) is 5.91 Å². The van der Waals surface area contributed by atoms with Gasteiger partial charge in [-0.1, -0.05) is 5.16 Å². The van der Waals surface area contributed by atoms with Crippen molar-refractivity contribution in [3.63, 3.8) is 0 Å². The van der Waals surface area contributed by atoms with Crippen LogP contribution in [0.5, 0.6) is 0 Å². The van der Waals surface area contributed by atoms with Crippen LogP contribution in [-0.4, -0.2) is 60.7 Å². The predicted molar refractivity (Wildman–Crippen MR) is 112 cm³/mol. The fourth-order valence-corrected chi connectivity index (χ4v) is 3.70. The van der Waals surface area contributed by atoms with Crippen molar-refractivity contribution < 1.29 is 23.9 Å². The van der Waals surface area contributed by atoms with Crippen LogP contribution in [0, 0.1) is 5.82 Å². The second-order valence-electron chi connectivity index (χ2n) is 7.32. The molecular weight excluding hydrogens is 405 g/mol. The molecule has 2 N–H and O–H groups in total. The van der Waals surface area contributed by atoms with Crippen molar-refractivity contribution >= 4 is 29.2 Å². The van der Waals surface area contributed by atoms with Crippen molar-refractivity contribution in [2.45, 2.75) is 18.9 Å². The smallest absolute Gasteiger partial charge is 0.415 e. The number of piperidine rings is 1. The molecule has 10 heteroatoms. The number of aromatic nitrogens is 1. The third-order valence-electron chi connectivity index (χ3n) is 5.48. The SMILES string of the molecule is CNC(=O)[C@H]1CN(c2ccc(-c3ccc(N4CCC(=NO)CC4)nc3)c(F)c2)C(=O)O1. The lowest BCUT2D eigenvalue weighted by Crippen LogP contribution is -2.35. The molecule has 0 unspecified atom stereocenters. The minimum atomic E-state index is -0.925. The summed E-state index contributed by atoms with van der Waals surface area (Å²) in [4.78, 5) is 31.5. The standard InChI is InChI=1S/C21H22FN5O4/c1-23-20(28)18-12-27(21(29)31-18)15-3-4-16(17(22)10-15)13-2-5-19(24-11-13)26-8-6-14(25-30)7-9-26/h2-5,10-11,18,30H,6-9,12H2,1H3,(H,23,28)/t18-/m1/s1. The monoisotopic (exact) mass is 427 g/mol. The normalized spacial score (nSPS) is 18.7. The molecular formula is C21H22FN5O4. The van der Waals surface area contributed by atoms with Gasteiger partial charge in [-0.15, -0.1) is 0 Å². The number of cyclic esters (lactones) is 1. The number of rotatable bonds is 4. The van der Waals surface area contributed by atoms with Crippen LogP contribution in [0.1, 0.15) is 12.8 Å². The van der Waals surface area contributed by atoms with Gasteiger partial charge in [0.15, 0.2) is 6.10 Å². The highest BCUT2D eigenvalue weighted by Gasteiger charge is 2.36. The fraction of sp³-hybridized carbons (Fsp3) is 0.333. The summed E-state index contributed by atoms with van der Waals surface area (Å²) in [7, 11) is 1.46. The number of halogens is 1. The Hall–Kier alpha value is -3.69. The van der Waals surface area contributed by atoms with E-state index in [2.05, 4.69) is 20.4 Å². The maximum atomic E-state index is 14.8. The van der Waals surface area contributed by atoms with Gasteiger partial charge < -0.3 is 20.2 Å². The maximum Gasteiger partial charge on any atom is 0.415 e. The van der Waals surface area contributed by atoms with E-state index in [0.29, 0.717) is 42.7 Å². The van der Waals surface area contributed by atoms with Gasteiger partial charge in [-0.25, -0.2) is 14.2 Å². The number of pyridine rings is 1. The molecule has 2 amide bonds. The van der Waals surface area contributed by atoms with Crippen LogP contribution in [0.3, 0.4) is 0 Å². The topological polar surface area (TPSA) is 107 Å². The van der Waals surface area contributed by atoms with Crippen molar-refractivity contribution in [1.29, 1.82) is 0 Å². The number of hydrogen-bond acceptors (Lipinski definition) is 7. The van der Waals surface area contributed by atoms with Gasteiger partial charge >= 0.3 is 6.09 Å². The predicted octanol–water partition coefficient (Wildman–Crippen LogP) is 2.39. The number of amides is 2. The first-order chi connectivity index (χ1) is 15.0. The lowest BCUT2D eigenvalue weighted by Gasteiger charge is -2.28. The zero-order valence-corrected chi connectivity index (χ0v) is 16.9. The van der Waals surface area contributed by atoms with Gasteiger partial charge in [0.2, 0.25) is 0 Å². The number of hydrogen-bond donors (Lipinski definition) is 2. The van der Waals surface area contributed by atoms with Gasteiger partial charge in [-0.2, -0.15) is 0 Å². The quantitative estimate of drug-likeness (QED) is 0.573. The zero-order valence-electron chi connectivity index (χ0n) is 16.9. The summed E-state index contributed by atoms with van der Waals surface area (Å²) in [6, 6.07) is 8.06. The highest BCUT2D eigenvalue weighted by atomic mass is 19.1. The lowest BCUT2D eigenvalue weighted by atomic mass is 10.1. The molecule has 31 heavy (non-hydrogen) atoms. The number of carbonyl (C=O) groups excluding carboxylic acids is 2. The molecule has 1 aromatic heterocycles. The Morgan fingerprint density at radius 3 is 2.68 bits per heavy atom. The molecule has 162 valence electrons. The molecule has 1 atom stereocenters. The van der Waals surface area contributed by atoms with Crippen LogP contribution in [0.15, 0.2) is 41.7 Å². The zero-order chi connectivity index (χ0) is 22.0. The molecule has 2 aliphatic heterocycles. The minimum absolute atomic E-state index is 0.0199. The Balaban J connectivity index is 1.48. The largest absolute Gasteiger partial charge is 0.434 e. The van der Waals surface area contributed by atoms with Crippen LogP contribution in [0.4, 0.5) is 20.7 Å². The summed E-state index contributed by atoms with van der Waals surface area (Å²) >= 11 is 0. The molecule has 0 bridgehead atoms. The Labute approximate surface area is 178 Å². The number of nitrogens with zero attached hydrogens (tertiary/aromatic N) is 4. The molecule has 3 heterocycles. The number of benzene rings is 1. The van der Waals surface area contributed by atoms with E-state index in [9.17, 15) is 14.0 Å². The summed E-state index contributed by atoms with van der Waals surface area (Å²) in [5.41, 5.74) is 2.05. The van der Waals surface area contributed by atoms with E-state index in [4.69, 9.17) is 9.94 Å². The van der Waals surface area contributed by atoms with Gasteiger partial charge in [0.1, 0.15) is 11.6 Å². The first-order valence-electron chi connectivity index (χ1n) is 9.90. The Morgan fingerprint density at radius 2 is 2.06 bits per heavy atom.